The van der Waals surface area contributed by atoms with E-state index in [4.69, 9.17) is 4.74 Å². The lowest BCUT2D eigenvalue weighted by atomic mass is 9.64. The Kier molecular flexibility index (Phi) is 8.63. The van der Waals surface area contributed by atoms with Gasteiger partial charge in [-0.1, -0.05) is 61.5 Å². The summed E-state index contributed by atoms with van der Waals surface area (Å²) in [6.45, 7) is 14.3. The van der Waals surface area contributed by atoms with Crippen LogP contribution in [-0.4, -0.2) is 76.1 Å². The van der Waals surface area contributed by atoms with E-state index in [0.717, 1.165) is 22.4 Å². The number of aliphatic hydroxyl groups excluding tert-OH is 1. The summed E-state index contributed by atoms with van der Waals surface area (Å²) in [6, 6.07) is 14.7. The Morgan fingerprint density at radius 2 is 1.79 bits per heavy atom. The number of nitrogens with zero attached hydrogens (tertiary/aromatic N) is 3. The SMILES string of the molecule is C=CCN(Cc1ccccc1)C(=O)[C@H]1[C@H]2C(=O)N(CCO)C(C(=O)N(CC=C)c3cc(C)ccc3C)C23CC[C@]1(CC)O3. The third kappa shape index (κ3) is 5.00. The van der Waals surface area contributed by atoms with Crippen molar-refractivity contribution in [3.63, 3.8) is 0 Å². The lowest BCUT2D eigenvalue weighted by Crippen LogP contribution is -2.57. The molecule has 43 heavy (non-hydrogen) atoms. The standard InChI is InChI=1S/C35H43N3O5/c1-6-18-36(23-26-12-10-9-11-13-26)31(40)28-29-32(41)38(20-21-39)30(35(29)17-16-34(28,8-3)43-35)33(42)37(19-7-2)27-22-24(4)14-15-25(27)5/h6-7,9-15,22,28-30,39H,1-2,8,16-21,23H2,3-5H3/t28-,29+,30?,34+,35?/m1/s1. The minimum Gasteiger partial charge on any atom is -0.395 e. The maximum absolute atomic E-state index is 14.7. The molecule has 0 aliphatic carbocycles. The lowest BCUT2D eigenvalue weighted by Gasteiger charge is -2.37. The Hall–Kier alpha value is -3.75. The first-order valence-electron chi connectivity index (χ1n) is 15.2. The fraction of sp³-hybridized carbons (Fsp3) is 0.457. The Morgan fingerprint density at radius 1 is 1.07 bits per heavy atom. The molecule has 3 fully saturated rings. The third-order valence-corrected chi connectivity index (χ3v) is 9.63. The summed E-state index contributed by atoms with van der Waals surface area (Å²) in [5.41, 5.74) is 1.60. The first-order chi connectivity index (χ1) is 20.7. The largest absolute Gasteiger partial charge is 0.395 e. The van der Waals surface area contributed by atoms with Gasteiger partial charge in [0.25, 0.3) is 5.91 Å². The van der Waals surface area contributed by atoms with Crippen molar-refractivity contribution in [1.82, 2.24) is 9.80 Å². The van der Waals surface area contributed by atoms with E-state index >= 15 is 0 Å². The van der Waals surface area contributed by atoms with Crippen molar-refractivity contribution < 1.29 is 24.2 Å². The highest BCUT2D eigenvalue weighted by Gasteiger charge is 2.79. The summed E-state index contributed by atoms with van der Waals surface area (Å²) in [5, 5.41) is 10.0. The molecular weight excluding hydrogens is 542 g/mol. The van der Waals surface area contributed by atoms with Crippen LogP contribution < -0.4 is 4.90 Å². The van der Waals surface area contributed by atoms with Crippen LogP contribution in [0.3, 0.4) is 0 Å². The number of aryl methyl sites for hydroxylation is 2. The van der Waals surface area contributed by atoms with Gasteiger partial charge in [0, 0.05) is 31.9 Å². The van der Waals surface area contributed by atoms with Crippen molar-refractivity contribution >= 4 is 23.4 Å². The van der Waals surface area contributed by atoms with Gasteiger partial charge in [0.05, 0.1) is 24.0 Å². The van der Waals surface area contributed by atoms with E-state index in [-0.39, 0.29) is 37.4 Å². The van der Waals surface area contributed by atoms with Crippen LogP contribution >= 0.6 is 0 Å². The first kappa shape index (κ1) is 30.7. The van der Waals surface area contributed by atoms with Gasteiger partial charge in [-0.05, 0) is 55.9 Å². The Labute approximate surface area is 254 Å². The number of amides is 3. The van der Waals surface area contributed by atoms with Crippen molar-refractivity contribution in [3.05, 3.63) is 90.5 Å². The number of carbonyl (C=O) groups is 3. The highest BCUT2D eigenvalue weighted by atomic mass is 16.5. The highest BCUT2D eigenvalue weighted by Crippen LogP contribution is 2.64. The van der Waals surface area contributed by atoms with Crippen molar-refractivity contribution in [2.75, 3.05) is 31.1 Å². The number of hydrogen-bond donors (Lipinski definition) is 1. The minimum absolute atomic E-state index is 0.0218. The maximum Gasteiger partial charge on any atom is 0.253 e. The Bertz CT molecular complexity index is 1410. The lowest BCUT2D eigenvalue weighted by molar-refractivity contribution is -0.151. The maximum atomic E-state index is 14.7. The molecule has 3 aliphatic rings. The van der Waals surface area contributed by atoms with Crippen LogP contribution in [0.15, 0.2) is 73.8 Å². The van der Waals surface area contributed by atoms with E-state index in [1.165, 1.54) is 4.90 Å². The quantitative estimate of drug-likeness (QED) is 0.378. The molecule has 2 aromatic rings. The molecule has 8 nitrogen and oxygen atoms in total. The molecule has 2 bridgehead atoms. The van der Waals surface area contributed by atoms with E-state index in [1.54, 1.807) is 22.0 Å². The number of fused-ring (bicyclic) bond motifs is 1. The summed E-state index contributed by atoms with van der Waals surface area (Å²) >= 11 is 0. The van der Waals surface area contributed by atoms with Gasteiger partial charge in [0.15, 0.2) is 0 Å². The number of β-amino-alcohol motifs (C(OH)–C–C–N with tert-alkyl or cyclic N) is 1. The highest BCUT2D eigenvalue weighted by molar-refractivity contribution is 6.05. The molecule has 3 aliphatic heterocycles. The molecule has 3 saturated heterocycles. The van der Waals surface area contributed by atoms with Crippen LogP contribution in [0.4, 0.5) is 5.69 Å². The van der Waals surface area contributed by atoms with Crippen LogP contribution in [0, 0.1) is 25.7 Å². The second-order valence-corrected chi connectivity index (χ2v) is 12.1. The zero-order chi connectivity index (χ0) is 30.9. The average molecular weight is 586 g/mol. The molecule has 2 unspecified atom stereocenters. The molecule has 5 atom stereocenters. The predicted octanol–water partition coefficient (Wildman–Crippen LogP) is 4.18. The molecular formula is C35H43N3O5. The molecule has 0 radical (unpaired) electrons. The van der Waals surface area contributed by atoms with E-state index < -0.39 is 29.1 Å². The fourth-order valence-electron chi connectivity index (χ4n) is 7.70. The van der Waals surface area contributed by atoms with Gasteiger partial charge in [0.1, 0.15) is 11.6 Å². The number of carbonyl (C=O) groups excluding carboxylic acids is 3. The molecule has 5 rings (SSSR count). The summed E-state index contributed by atoms with van der Waals surface area (Å²) in [4.78, 5) is 48.5. The molecule has 0 aromatic heterocycles. The number of anilines is 1. The molecule has 8 heteroatoms. The normalized spacial score (nSPS) is 27.2. The van der Waals surface area contributed by atoms with Gasteiger partial charge in [-0.3, -0.25) is 14.4 Å². The number of benzene rings is 2. The summed E-state index contributed by atoms with van der Waals surface area (Å²) in [7, 11) is 0. The third-order valence-electron chi connectivity index (χ3n) is 9.63. The van der Waals surface area contributed by atoms with Gasteiger partial charge < -0.3 is 24.5 Å². The summed E-state index contributed by atoms with van der Waals surface area (Å²) in [5.74, 6) is -2.35. The summed E-state index contributed by atoms with van der Waals surface area (Å²) < 4.78 is 6.94. The Morgan fingerprint density at radius 3 is 2.44 bits per heavy atom. The van der Waals surface area contributed by atoms with Crippen molar-refractivity contribution in [2.24, 2.45) is 11.8 Å². The smallest absolute Gasteiger partial charge is 0.253 e. The van der Waals surface area contributed by atoms with Crippen molar-refractivity contribution in [3.8, 4) is 0 Å². The Balaban J connectivity index is 1.58. The fourth-order valence-corrected chi connectivity index (χ4v) is 7.70. The first-order valence-corrected chi connectivity index (χ1v) is 15.2. The van der Waals surface area contributed by atoms with Crippen LogP contribution in [0.5, 0.6) is 0 Å². The monoisotopic (exact) mass is 585 g/mol. The van der Waals surface area contributed by atoms with Gasteiger partial charge in [-0.2, -0.15) is 0 Å². The molecule has 2 aromatic carbocycles. The van der Waals surface area contributed by atoms with Crippen LogP contribution in [0.25, 0.3) is 0 Å². The molecule has 228 valence electrons. The molecule has 3 amide bonds. The van der Waals surface area contributed by atoms with Gasteiger partial charge >= 0.3 is 0 Å². The minimum atomic E-state index is -1.18. The second kappa shape index (κ2) is 12.1. The molecule has 1 N–H and O–H groups in total. The number of hydrogen-bond acceptors (Lipinski definition) is 5. The van der Waals surface area contributed by atoms with Crippen molar-refractivity contribution in [1.29, 1.82) is 0 Å². The van der Waals surface area contributed by atoms with E-state index in [2.05, 4.69) is 13.2 Å². The summed E-state index contributed by atoms with van der Waals surface area (Å²) in [6.07, 6.45) is 4.95. The van der Waals surface area contributed by atoms with Gasteiger partial charge in [-0.15, -0.1) is 13.2 Å². The van der Waals surface area contributed by atoms with Crippen LogP contribution in [0.2, 0.25) is 0 Å². The zero-order valence-electron chi connectivity index (χ0n) is 25.5. The van der Waals surface area contributed by atoms with E-state index in [0.29, 0.717) is 32.4 Å². The van der Waals surface area contributed by atoms with E-state index in [9.17, 15) is 19.5 Å². The van der Waals surface area contributed by atoms with Gasteiger partial charge in [-0.25, -0.2) is 0 Å². The van der Waals surface area contributed by atoms with Crippen LogP contribution in [-0.2, 0) is 25.7 Å². The molecule has 3 heterocycles. The van der Waals surface area contributed by atoms with Gasteiger partial charge in [0.2, 0.25) is 11.8 Å². The number of aliphatic hydroxyl groups is 1. The van der Waals surface area contributed by atoms with Crippen molar-refractivity contribution in [2.45, 2.75) is 63.8 Å². The topological polar surface area (TPSA) is 90.4 Å². The van der Waals surface area contributed by atoms with E-state index in [1.807, 2.05) is 69.3 Å². The number of likely N-dealkylation sites (tertiary alicyclic amines) is 1. The second-order valence-electron chi connectivity index (χ2n) is 12.1. The molecule has 0 saturated carbocycles. The average Bonchev–Trinajstić information content (AvgIpc) is 3.61. The predicted molar refractivity (Wildman–Crippen MR) is 166 cm³/mol. The number of rotatable bonds is 12. The van der Waals surface area contributed by atoms with Crippen LogP contribution in [0.1, 0.15) is 42.9 Å². The molecule has 1 spiro atoms. The number of ether oxygens (including phenoxy) is 1. The zero-order valence-corrected chi connectivity index (χ0v) is 25.5.